The molecule has 0 fully saturated rings. The minimum absolute atomic E-state index is 0.281. The SMILES string of the molecule is Cc1cc(NC(=O)C(C)NC(=O)c2cccs2)n(CCC#N)n1. The van der Waals surface area contributed by atoms with Crippen molar-refractivity contribution in [2.45, 2.75) is 32.9 Å². The van der Waals surface area contributed by atoms with Gasteiger partial charge in [0.1, 0.15) is 11.9 Å². The van der Waals surface area contributed by atoms with Crippen molar-refractivity contribution in [3.63, 3.8) is 0 Å². The first kappa shape index (κ1) is 16.7. The predicted molar refractivity (Wildman–Crippen MR) is 87.1 cm³/mol. The van der Waals surface area contributed by atoms with E-state index < -0.39 is 6.04 Å². The summed E-state index contributed by atoms with van der Waals surface area (Å²) in [6, 6.07) is 6.55. The fourth-order valence-corrected chi connectivity index (χ4v) is 2.57. The monoisotopic (exact) mass is 331 g/mol. The molecule has 0 saturated carbocycles. The number of nitrogens with zero attached hydrogens (tertiary/aromatic N) is 3. The van der Waals surface area contributed by atoms with Gasteiger partial charge in [0, 0.05) is 6.07 Å². The molecule has 1 unspecified atom stereocenters. The molecule has 120 valence electrons. The van der Waals surface area contributed by atoms with Crippen LogP contribution < -0.4 is 10.6 Å². The minimum atomic E-state index is -0.691. The van der Waals surface area contributed by atoms with E-state index in [0.717, 1.165) is 5.69 Å². The van der Waals surface area contributed by atoms with Crippen molar-refractivity contribution in [3.8, 4) is 6.07 Å². The molecule has 0 saturated heterocycles. The molecule has 1 atom stereocenters. The van der Waals surface area contributed by atoms with E-state index in [0.29, 0.717) is 23.7 Å². The van der Waals surface area contributed by atoms with Crippen LogP contribution in [0.3, 0.4) is 0 Å². The topological polar surface area (TPSA) is 99.8 Å². The van der Waals surface area contributed by atoms with E-state index in [1.807, 2.05) is 6.07 Å². The highest BCUT2D eigenvalue weighted by Gasteiger charge is 2.18. The fraction of sp³-hybridized carbons (Fsp3) is 0.333. The van der Waals surface area contributed by atoms with Gasteiger partial charge in [-0.1, -0.05) is 6.07 Å². The number of carbonyl (C=O) groups excluding carboxylic acids is 2. The van der Waals surface area contributed by atoms with Crippen LogP contribution in [0.2, 0.25) is 0 Å². The Morgan fingerprint density at radius 3 is 2.96 bits per heavy atom. The van der Waals surface area contributed by atoms with Crippen LogP contribution in [0.15, 0.2) is 23.6 Å². The molecule has 2 aromatic heterocycles. The number of hydrogen-bond donors (Lipinski definition) is 2. The maximum Gasteiger partial charge on any atom is 0.261 e. The van der Waals surface area contributed by atoms with E-state index in [-0.39, 0.29) is 11.8 Å². The van der Waals surface area contributed by atoms with Crippen LogP contribution in [0.25, 0.3) is 0 Å². The Morgan fingerprint density at radius 2 is 2.30 bits per heavy atom. The Labute approximate surface area is 137 Å². The lowest BCUT2D eigenvalue weighted by molar-refractivity contribution is -0.117. The zero-order chi connectivity index (χ0) is 16.8. The summed E-state index contributed by atoms with van der Waals surface area (Å²) in [7, 11) is 0. The molecule has 0 bridgehead atoms. The Hall–Kier alpha value is -2.66. The Balaban J connectivity index is 1.98. The van der Waals surface area contributed by atoms with E-state index in [9.17, 15) is 9.59 Å². The number of aromatic nitrogens is 2. The van der Waals surface area contributed by atoms with Crippen LogP contribution >= 0.6 is 11.3 Å². The van der Waals surface area contributed by atoms with Gasteiger partial charge in [0.2, 0.25) is 5.91 Å². The van der Waals surface area contributed by atoms with Gasteiger partial charge in [0.15, 0.2) is 0 Å². The normalized spacial score (nSPS) is 11.5. The second-order valence-corrected chi connectivity index (χ2v) is 5.91. The van der Waals surface area contributed by atoms with Gasteiger partial charge in [0.25, 0.3) is 5.91 Å². The molecule has 0 spiro atoms. The van der Waals surface area contributed by atoms with Gasteiger partial charge >= 0.3 is 0 Å². The van der Waals surface area contributed by atoms with E-state index in [4.69, 9.17) is 5.26 Å². The number of nitrogens with one attached hydrogen (secondary N) is 2. The number of amides is 2. The lowest BCUT2D eigenvalue weighted by Crippen LogP contribution is -2.41. The maximum absolute atomic E-state index is 12.2. The predicted octanol–water partition coefficient (Wildman–Crippen LogP) is 1.92. The Morgan fingerprint density at radius 1 is 1.52 bits per heavy atom. The van der Waals surface area contributed by atoms with E-state index in [2.05, 4.69) is 15.7 Å². The molecule has 2 heterocycles. The van der Waals surface area contributed by atoms with Crippen LogP contribution in [0, 0.1) is 18.3 Å². The highest BCUT2D eigenvalue weighted by molar-refractivity contribution is 7.12. The van der Waals surface area contributed by atoms with Gasteiger partial charge in [0.05, 0.1) is 29.6 Å². The highest BCUT2D eigenvalue weighted by atomic mass is 32.1. The number of rotatable bonds is 6. The third kappa shape index (κ3) is 4.40. The molecule has 2 amide bonds. The van der Waals surface area contributed by atoms with E-state index in [1.165, 1.54) is 11.3 Å². The number of thiophene rings is 1. The number of nitriles is 1. The quantitative estimate of drug-likeness (QED) is 0.844. The summed E-state index contributed by atoms with van der Waals surface area (Å²) >= 11 is 1.32. The van der Waals surface area contributed by atoms with Crippen molar-refractivity contribution < 1.29 is 9.59 Å². The minimum Gasteiger partial charge on any atom is -0.340 e. The number of aryl methyl sites for hydroxylation is 2. The Kier molecular flexibility index (Phi) is 5.49. The molecule has 2 N–H and O–H groups in total. The van der Waals surface area contributed by atoms with Crippen LogP contribution in [-0.2, 0) is 11.3 Å². The van der Waals surface area contributed by atoms with Crippen LogP contribution in [-0.4, -0.2) is 27.6 Å². The summed E-state index contributed by atoms with van der Waals surface area (Å²) < 4.78 is 1.57. The lowest BCUT2D eigenvalue weighted by atomic mass is 10.3. The molecule has 23 heavy (non-hydrogen) atoms. The smallest absolute Gasteiger partial charge is 0.261 e. The molecule has 0 aliphatic carbocycles. The van der Waals surface area contributed by atoms with Crippen LogP contribution in [0.1, 0.15) is 28.7 Å². The average molecular weight is 331 g/mol. The van der Waals surface area contributed by atoms with Crippen molar-refractivity contribution in [3.05, 3.63) is 34.2 Å². The summed E-state index contributed by atoms with van der Waals surface area (Å²) in [4.78, 5) is 24.7. The van der Waals surface area contributed by atoms with Gasteiger partial charge in [-0.25, -0.2) is 4.68 Å². The van der Waals surface area contributed by atoms with Crippen molar-refractivity contribution in [1.82, 2.24) is 15.1 Å². The van der Waals surface area contributed by atoms with E-state index >= 15 is 0 Å². The van der Waals surface area contributed by atoms with Gasteiger partial charge in [-0.3, -0.25) is 9.59 Å². The summed E-state index contributed by atoms with van der Waals surface area (Å²) in [6.45, 7) is 3.82. The zero-order valence-electron chi connectivity index (χ0n) is 12.9. The molecule has 2 aromatic rings. The summed E-state index contributed by atoms with van der Waals surface area (Å²) in [6.07, 6.45) is 0.300. The summed E-state index contributed by atoms with van der Waals surface area (Å²) in [5.41, 5.74) is 0.744. The third-order valence-electron chi connectivity index (χ3n) is 3.07. The summed E-state index contributed by atoms with van der Waals surface area (Å²) in [5, 5.41) is 20.1. The maximum atomic E-state index is 12.2. The molecule has 7 nitrogen and oxygen atoms in total. The first-order valence-corrected chi connectivity index (χ1v) is 7.96. The third-order valence-corrected chi connectivity index (χ3v) is 3.94. The second kappa shape index (κ2) is 7.56. The lowest BCUT2D eigenvalue weighted by Gasteiger charge is -2.14. The highest BCUT2D eigenvalue weighted by Crippen LogP contribution is 2.12. The van der Waals surface area contributed by atoms with Crippen molar-refractivity contribution in [1.29, 1.82) is 5.26 Å². The van der Waals surface area contributed by atoms with Gasteiger partial charge in [-0.15, -0.1) is 11.3 Å². The van der Waals surface area contributed by atoms with Gasteiger partial charge in [-0.05, 0) is 25.3 Å². The molecule has 0 aliphatic rings. The largest absolute Gasteiger partial charge is 0.340 e. The molecule has 2 rings (SSSR count). The number of carbonyl (C=O) groups is 2. The zero-order valence-corrected chi connectivity index (χ0v) is 13.7. The number of hydrogen-bond acceptors (Lipinski definition) is 5. The van der Waals surface area contributed by atoms with Crippen molar-refractivity contribution in [2.24, 2.45) is 0 Å². The van der Waals surface area contributed by atoms with E-state index in [1.54, 1.807) is 42.1 Å². The first-order chi connectivity index (χ1) is 11.0. The van der Waals surface area contributed by atoms with Gasteiger partial charge < -0.3 is 10.6 Å². The van der Waals surface area contributed by atoms with Gasteiger partial charge in [-0.2, -0.15) is 10.4 Å². The molecular weight excluding hydrogens is 314 g/mol. The molecule has 8 heteroatoms. The number of anilines is 1. The van der Waals surface area contributed by atoms with Crippen LogP contribution in [0.4, 0.5) is 5.82 Å². The standard InChI is InChI=1S/C15H17N5O2S/c1-10-9-13(20(19-10)7-4-6-16)18-14(21)11(2)17-15(22)12-5-3-8-23-12/h3,5,8-9,11H,4,7H2,1-2H3,(H,17,22)(H,18,21). The molecule has 0 aromatic carbocycles. The first-order valence-electron chi connectivity index (χ1n) is 7.08. The molecule has 0 radical (unpaired) electrons. The average Bonchev–Trinajstić information content (AvgIpc) is 3.15. The van der Waals surface area contributed by atoms with Crippen LogP contribution in [0.5, 0.6) is 0 Å². The molecular formula is C15H17N5O2S. The Bertz CT molecular complexity index is 730. The summed E-state index contributed by atoms with van der Waals surface area (Å²) in [5.74, 6) is -0.107. The fourth-order valence-electron chi connectivity index (χ4n) is 1.95. The van der Waals surface area contributed by atoms with Crippen molar-refractivity contribution >= 4 is 29.0 Å². The van der Waals surface area contributed by atoms with Crippen molar-refractivity contribution in [2.75, 3.05) is 5.32 Å². The molecule has 0 aliphatic heterocycles. The second-order valence-electron chi connectivity index (χ2n) is 4.96.